The molecule has 1 aliphatic rings. The van der Waals surface area contributed by atoms with E-state index in [4.69, 9.17) is 9.47 Å². The van der Waals surface area contributed by atoms with Gasteiger partial charge in [-0.15, -0.1) is 0 Å². The second kappa shape index (κ2) is 10.5. The zero-order valence-electron chi connectivity index (χ0n) is 19.1. The van der Waals surface area contributed by atoms with Crippen molar-refractivity contribution in [3.8, 4) is 22.3 Å². The number of halogens is 4. The van der Waals surface area contributed by atoms with Gasteiger partial charge in [0.1, 0.15) is 0 Å². The highest BCUT2D eigenvalue weighted by Crippen LogP contribution is 2.34. The second-order valence-electron chi connectivity index (χ2n) is 8.41. The summed E-state index contributed by atoms with van der Waals surface area (Å²) in [6.07, 6.45) is 5.18. The maximum absolute atomic E-state index is 15.0. The van der Waals surface area contributed by atoms with E-state index in [-0.39, 0.29) is 41.8 Å². The monoisotopic (exact) mass is 470 g/mol. The molecule has 0 unspecified atom stereocenters. The molecule has 3 aromatic rings. The van der Waals surface area contributed by atoms with Crippen molar-refractivity contribution in [2.24, 2.45) is 0 Å². The Labute approximate surface area is 196 Å². The molecule has 0 saturated carbocycles. The van der Waals surface area contributed by atoms with E-state index in [1.54, 1.807) is 30.3 Å². The van der Waals surface area contributed by atoms with E-state index in [0.29, 0.717) is 17.5 Å². The first kappa shape index (κ1) is 24.2. The van der Waals surface area contributed by atoms with Crippen LogP contribution in [0.4, 0.5) is 17.6 Å². The van der Waals surface area contributed by atoms with Crippen LogP contribution in [0, 0.1) is 30.2 Å². The molecule has 34 heavy (non-hydrogen) atoms. The summed E-state index contributed by atoms with van der Waals surface area (Å²) in [7, 11) is 0. The molecule has 1 aliphatic heterocycles. The van der Waals surface area contributed by atoms with Crippen molar-refractivity contribution in [3.05, 3.63) is 95.1 Å². The van der Waals surface area contributed by atoms with Gasteiger partial charge in [0.15, 0.2) is 29.6 Å². The summed E-state index contributed by atoms with van der Waals surface area (Å²) in [6, 6.07) is 12.3. The standard InChI is InChI=1S/C28H26F4O2/c1-3-4-5-6-24-33-15-20(16-34-24)23-14-13-22(27(31)28(23)32)19-10-8-18(9-11-19)21-12-7-17(2)25(29)26(21)30/h3-4,7-14,20,24H,5-6,15-16H2,1-2H3/b4-3+. The predicted octanol–water partition coefficient (Wildman–Crippen LogP) is 7.70. The minimum Gasteiger partial charge on any atom is -0.352 e. The molecule has 1 saturated heterocycles. The smallest absolute Gasteiger partial charge is 0.166 e. The van der Waals surface area contributed by atoms with Gasteiger partial charge in [0.25, 0.3) is 0 Å². The molecule has 1 fully saturated rings. The second-order valence-corrected chi connectivity index (χ2v) is 8.41. The number of hydrogen-bond donors (Lipinski definition) is 0. The summed E-state index contributed by atoms with van der Waals surface area (Å²) in [4.78, 5) is 0. The van der Waals surface area contributed by atoms with E-state index < -0.39 is 29.2 Å². The van der Waals surface area contributed by atoms with Gasteiger partial charge in [0.05, 0.1) is 13.2 Å². The average Bonchev–Trinajstić information content (AvgIpc) is 2.85. The first-order chi connectivity index (χ1) is 16.4. The summed E-state index contributed by atoms with van der Waals surface area (Å²) < 4.78 is 69.5. The van der Waals surface area contributed by atoms with Gasteiger partial charge in [0.2, 0.25) is 0 Å². The first-order valence-corrected chi connectivity index (χ1v) is 11.3. The normalized spacial score (nSPS) is 18.5. The molecule has 0 radical (unpaired) electrons. The summed E-state index contributed by atoms with van der Waals surface area (Å²) in [5.41, 5.74) is 1.50. The predicted molar refractivity (Wildman–Crippen MR) is 124 cm³/mol. The van der Waals surface area contributed by atoms with Crippen molar-refractivity contribution in [1.82, 2.24) is 0 Å². The Morgan fingerprint density at radius 1 is 0.765 bits per heavy atom. The molecular weight excluding hydrogens is 444 g/mol. The fourth-order valence-corrected chi connectivity index (χ4v) is 4.09. The molecule has 0 aromatic heterocycles. The van der Waals surface area contributed by atoms with Crippen LogP contribution in [0.2, 0.25) is 0 Å². The molecular formula is C28H26F4O2. The third-order valence-electron chi connectivity index (χ3n) is 6.11. The van der Waals surface area contributed by atoms with Crippen molar-refractivity contribution in [2.45, 2.75) is 38.9 Å². The number of ether oxygens (including phenoxy) is 2. The molecule has 3 aromatic carbocycles. The van der Waals surface area contributed by atoms with E-state index in [2.05, 4.69) is 0 Å². The van der Waals surface area contributed by atoms with Crippen LogP contribution in [0.5, 0.6) is 0 Å². The maximum atomic E-state index is 15.0. The molecule has 0 aliphatic carbocycles. The van der Waals surface area contributed by atoms with Crippen LogP contribution in [0.25, 0.3) is 22.3 Å². The third-order valence-corrected chi connectivity index (χ3v) is 6.11. The van der Waals surface area contributed by atoms with Crippen molar-refractivity contribution < 1.29 is 27.0 Å². The van der Waals surface area contributed by atoms with Gasteiger partial charge in [-0.3, -0.25) is 0 Å². The maximum Gasteiger partial charge on any atom is 0.166 e. The molecule has 0 spiro atoms. The van der Waals surface area contributed by atoms with Crippen LogP contribution in [-0.4, -0.2) is 19.5 Å². The first-order valence-electron chi connectivity index (χ1n) is 11.3. The lowest BCUT2D eigenvalue weighted by molar-refractivity contribution is -0.189. The fraction of sp³-hybridized carbons (Fsp3) is 0.286. The number of benzene rings is 3. The highest BCUT2D eigenvalue weighted by molar-refractivity contribution is 5.71. The summed E-state index contributed by atoms with van der Waals surface area (Å²) >= 11 is 0. The van der Waals surface area contributed by atoms with Gasteiger partial charge < -0.3 is 9.47 Å². The van der Waals surface area contributed by atoms with Crippen LogP contribution >= 0.6 is 0 Å². The highest BCUT2D eigenvalue weighted by Gasteiger charge is 2.27. The van der Waals surface area contributed by atoms with E-state index >= 15 is 0 Å². The average molecular weight is 471 g/mol. The summed E-state index contributed by atoms with van der Waals surface area (Å²) in [5, 5.41) is 0. The lowest BCUT2D eigenvalue weighted by Gasteiger charge is -2.30. The molecule has 0 amide bonds. The van der Waals surface area contributed by atoms with Crippen LogP contribution in [0.3, 0.4) is 0 Å². The minimum absolute atomic E-state index is 0.0882. The fourth-order valence-electron chi connectivity index (χ4n) is 4.09. The quantitative estimate of drug-likeness (QED) is 0.271. The lowest BCUT2D eigenvalue weighted by atomic mass is 9.94. The van der Waals surface area contributed by atoms with E-state index in [9.17, 15) is 17.6 Å². The van der Waals surface area contributed by atoms with Crippen LogP contribution in [0.15, 0.2) is 60.7 Å². The van der Waals surface area contributed by atoms with E-state index in [0.717, 1.165) is 6.42 Å². The Morgan fingerprint density at radius 2 is 1.32 bits per heavy atom. The number of allylic oxidation sites excluding steroid dienone is 2. The Balaban J connectivity index is 1.51. The van der Waals surface area contributed by atoms with E-state index in [1.165, 1.54) is 25.1 Å². The molecule has 0 N–H and O–H groups in total. The van der Waals surface area contributed by atoms with Crippen molar-refractivity contribution in [1.29, 1.82) is 0 Å². The number of aryl methyl sites for hydroxylation is 1. The molecule has 0 bridgehead atoms. The lowest BCUT2D eigenvalue weighted by Crippen LogP contribution is -2.31. The summed E-state index contributed by atoms with van der Waals surface area (Å²) in [6.45, 7) is 3.94. The Hall–Kier alpha value is -2.96. The van der Waals surface area contributed by atoms with Gasteiger partial charge >= 0.3 is 0 Å². The molecule has 0 atom stereocenters. The van der Waals surface area contributed by atoms with Crippen molar-refractivity contribution >= 4 is 0 Å². The Kier molecular flexibility index (Phi) is 7.49. The molecule has 178 valence electrons. The Morgan fingerprint density at radius 3 is 1.91 bits per heavy atom. The SMILES string of the molecule is C/C=C/CCC1OCC(c2ccc(-c3ccc(-c4ccc(C)c(F)c4F)cc3)c(F)c2F)CO1. The van der Waals surface area contributed by atoms with Crippen LogP contribution < -0.4 is 0 Å². The minimum atomic E-state index is -0.965. The molecule has 1 heterocycles. The summed E-state index contributed by atoms with van der Waals surface area (Å²) in [5.74, 6) is -4.13. The zero-order valence-corrected chi connectivity index (χ0v) is 19.1. The number of rotatable bonds is 6. The Bertz CT molecular complexity index is 1180. The van der Waals surface area contributed by atoms with E-state index in [1.807, 2.05) is 19.1 Å². The third kappa shape index (κ3) is 4.93. The largest absolute Gasteiger partial charge is 0.352 e. The van der Waals surface area contributed by atoms with Gasteiger partial charge in [0, 0.05) is 23.5 Å². The number of hydrogen-bond acceptors (Lipinski definition) is 2. The molecule has 2 nitrogen and oxygen atoms in total. The zero-order chi connectivity index (χ0) is 24.2. The van der Waals surface area contributed by atoms with Gasteiger partial charge in [-0.2, -0.15) is 0 Å². The van der Waals surface area contributed by atoms with Gasteiger partial charge in [-0.1, -0.05) is 60.7 Å². The molecule has 6 heteroatoms. The van der Waals surface area contributed by atoms with Gasteiger partial charge in [-0.25, -0.2) is 17.6 Å². The molecule has 4 rings (SSSR count). The van der Waals surface area contributed by atoms with Crippen molar-refractivity contribution in [3.63, 3.8) is 0 Å². The highest BCUT2D eigenvalue weighted by atomic mass is 19.2. The van der Waals surface area contributed by atoms with Crippen LogP contribution in [-0.2, 0) is 9.47 Å². The van der Waals surface area contributed by atoms with Crippen molar-refractivity contribution in [2.75, 3.05) is 13.2 Å². The topological polar surface area (TPSA) is 18.5 Å². The van der Waals surface area contributed by atoms with Crippen LogP contribution in [0.1, 0.15) is 36.8 Å². The van der Waals surface area contributed by atoms with Gasteiger partial charge in [-0.05, 0) is 42.5 Å².